The summed E-state index contributed by atoms with van der Waals surface area (Å²) in [7, 11) is 0. The lowest BCUT2D eigenvalue weighted by Crippen LogP contribution is -2.38. The van der Waals surface area contributed by atoms with Crippen LogP contribution in [0.2, 0.25) is 0 Å². The van der Waals surface area contributed by atoms with Gasteiger partial charge in [0.05, 0.1) is 19.8 Å². The number of guanidine groups is 1. The van der Waals surface area contributed by atoms with Gasteiger partial charge in [-0.15, -0.1) is 24.0 Å². The van der Waals surface area contributed by atoms with Gasteiger partial charge in [0.15, 0.2) is 5.96 Å². The van der Waals surface area contributed by atoms with Gasteiger partial charge in [-0.3, -0.25) is 4.90 Å². The molecule has 1 aromatic rings. The first-order valence-electron chi connectivity index (χ1n) is 10.0. The lowest BCUT2D eigenvalue weighted by molar-refractivity contribution is -0.173. The number of nitrogens with zero attached hydrogens (tertiary/aromatic N) is 2. The molecule has 1 heterocycles. The van der Waals surface area contributed by atoms with Crippen molar-refractivity contribution < 1.29 is 22.6 Å². The van der Waals surface area contributed by atoms with Gasteiger partial charge in [0.1, 0.15) is 6.61 Å². The Morgan fingerprint density at radius 2 is 1.87 bits per heavy atom. The number of benzene rings is 1. The average Bonchev–Trinajstić information content (AvgIpc) is 2.69. The maximum absolute atomic E-state index is 12.1. The number of aliphatic imine (C=N–C) groups is 1. The molecule has 2 N–H and O–H groups in total. The summed E-state index contributed by atoms with van der Waals surface area (Å²) in [6.45, 7) is 6.78. The molecule has 172 valence electrons. The SMILES string of the molecule is CCNC(=NCc1ccccc1CN1CCOCC1)NCCCOCC(F)(F)F.I. The Labute approximate surface area is 193 Å². The second-order valence-corrected chi connectivity index (χ2v) is 6.80. The van der Waals surface area contributed by atoms with Gasteiger partial charge in [-0.2, -0.15) is 13.2 Å². The number of nitrogens with one attached hydrogen (secondary N) is 2. The van der Waals surface area contributed by atoms with Gasteiger partial charge in [-0.25, -0.2) is 4.99 Å². The first kappa shape index (κ1) is 26.9. The number of ether oxygens (including phenoxy) is 2. The second-order valence-electron chi connectivity index (χ2n) is 6.80. The van der Waals surface area contributed by atoms with E-state index < -0.39 is 12.8 Å². The average molecular weight is 544 g/mol. The Hall–Kier alpha value is -1.11. The highest BCUT2D eigenvalue weighted by molar-refractivity contribution is 14.0. The number of alkyl halides is 3. The quantitative estimate of drug-likeness (QED) is 0.205. The van der Waals surface area contributed by atoms with E-state index in [1.54, 1.807) is 0 Å². The summed E-state index contributed by atoms with van der Waals surface area (Å²) in [5.74, 6) is 0.643. The highest BCUT2D eigenvalue weighted by Gasteiger charge is 2.27. The standard InChI is InChI=1S/C20H31F3N4O2.HI/c1-2-24-19(25-8-5-11-29-16-20(21,22)23)26-14-17-6-3-4-7-18(17)15-27-9-12-28-13-10-27;/h3-4,6-7H,2,5,8-16H2,1H3,(H2,24,25,26);1H. The molecular weight excluding hydrogens is 512 g/mol. The van der Waals surface area contributed by atoms with Crippen molar-refractivity contribution in [1.82, 2.24) is 15.5 Å². The normalized spacial score (nSPS) is 15.5. The third-order valence-corrected chi connectivity index (χ3v) is 4.39. The smallest absolute Gasteiger partial charge is 0.379 e. The van der Waals surface area contributed by atoms with Gasteiger partial charge in [0, 0.05) is 39.3 Å². The summed E-state index contributed by atoms with van der Waals surface area (Å²) < 4.78 is 46.2. The van der Waals surface area contributed by atoms with Crippen LogP contribution in [0.5, 0.6) is 0 Å². The molecule has 1 aliphatic heterocycles. The molecule has 1 aliphatic rings. The first-order valence-corrected chi connectivity index (χ1v) is 10.0. The summed E-state index contributed by atoms with van der Waals surface area (Å²) in [5, 5.41) is 6.30. The largest absolute Gasteiger partial charge is 0.411 e. The molecule has 0 spiro atoms. The fourth-order valence-corrected chi connectivity index (χ4v) is 2.94. The zero-order valence-electron chi connectivity index (χ0n) is 17.3. The molecule has 1 saturated heterocycles. The van der Waals surface area contributed by atoms with Crippen LogP contribution in [0.25, 0.3) is 0 Å². The fraction of sp³-hybridized carbons (Fsp3) is 0.650. The minimum Gasteiger partial charge on any atom is -0.379 e. The van der Waals surface area contributed by atoms with Crippen LogP contribution in [0.3, 0.4) is 0 Å². The lowest BCUT2D eigenvalue weighted by atomic mass is 10.1. The predicted octanol–water partition coefficient (Wildman–Crippen LogP) is 3.16. The molecule has 0 atom stereocenters. The third-order valence-electron chi connectivity index (χ3n) is 4.39. The molecular formula is C20H32F3IN4O2. The van der Waals surface area contributed by atoms with Crippen molar-refractivity contribution in [2.75, 3.05) is 52.6 Å². The number of hydrogen-bond acceptors (Lipinski definition) is 4. The van der Waals surface area contributed by atoms with Crippen LogP contribution in [-0.4, -0.2) is 69.6 Å². The van der Waals surface area contributed by atoms with E-state index >= 15 is 0 Å². The molecule has 30 heavy (non-hydrogen) atoms. The van der Waals surface area contributed by atoms with Crippen molar-refractivity contribution in [2.45, 2.75) is 32.6 Å². The number of morpholine rings is 1. The minimum atomic E-state index is -4.28. The van der Waals surface area contributed by atoms with Gasteiger partial charge in [-0.05, 0) is 24.5 Å². The number of halogens is 4. The number of rotatable bonds is 10. The molecule has 1 fully saturated rings. The van der Waals surface area contributed by atoms with Crippen molar-refractivity contribution in [3.05, 3.63) is 35.4 Å². The van der Waals surface area contributed by atoms with Crippen molar-refractivity contribution in [1.29, 1.82) is 0 Å². The molecule has 0 radical (unpaired) electrons. The summed E-state index contributed by atoms with van der Waals surface area (Å²) >= 11 is 0. The molecule has 0 amide bonds. The van der Waals surface area contributed by atoms with E-state index in [0.717, 1.165) is 38.4 Å². The maximum Gasteiger partial charge on any atom is 0.411 e. The molecule has 10 heteroatoms. The van der Waals surface area contributed by atoms with Crippen molar-refractivity contribution in [2.24, 2.45) is 4.99 Å². The van der Waals surface area contributed by atoms with Crippen molar-refractivity contribution in [3.8, 4) is 0 Å². The topological polar surface area (TPSA) is 58.1 Å². The monoisotopic (exact) mass is 544 g/mol. The van der Waals surface area contributed by atoms with Crippen LogP contribution >= 0.6 is 24.0 Å². The third kappa shape index (κ3) is 11.3. The van der Waals surface area contributed by atoms with Crippen LogP contribution in [0, 0.1) is 0 Å². The van der Waals surface area contributed by atoms with E-state index in [9.17, 15) is 13.2 Å². The Kier molecular flexibility index (Phi) is 13.3. The lowest BCUT2D eigenvalue weighted by Gasteiger charge is -2.27. The zero-order chi connectivity index (χ0) is 21.0. The van der Waals surface area contributed by atoms with Crippen LogP contribution in [0.1, 0.15) is 24.5 Å². The van der Waals surface area contributed by atoms with E-state index in [4.69, 9.17) is 4.74 Å². The fourth-order valence-electron chi connectivity index (χ4n) is 2.94. The molecule has 6 nitrogen and oxygen atoms in total. The molecule has 0 bridgehead atoms. The Bertz CT molecular complexity index is 626. The molecule has 0 saturated carbocycles. The highest BCUT2D eigenvalue weighted by Crippen LogP contribution is 2.15. The van der Waals surface area contributed by atoms with E-state index in [2.05, 4.69) is 37.4 Å². The highest BCUT2D eigenvalue weighted by atomic mass is 127. The predicted molar refractivity (Wildman–Crippen MR) is 122 cm³/mol. The van der Waals surface area contributed by atoms with Crippen LogP contribution in [-0.2, 0) is 22.6 Å². The summed E-state index contributed by atoms with van der Waals surface area (Å²) in [5.41, 5.74) is 2.40. The van der Waals surface area contributed by atoms with Crippen molar-refractivity contribution in [3.63, 3.8) is 0 Å². The molecule has 0 unspecified atom stereocenters. The summed E-state index contributed by atoms with van der Waals surface area (Å²) in [4.78, 5) is 7.00. The molecule has 0 aliphatic carbocycles. The molecule has 2 rings (SSSR count). The van der Waals surface area contributed by atoms with Crippen LogP contribution < -0.4 is 10.6 Å². The second kappa shape index (κ2) is 14.8. The van der Waals surface area contributed by atoms with Crippen LogP contribution in [0.4, 0.5) is 13.2 Å². The van der Waals surface area contributed by atoms with Crippen molar-refractivity contribution >= 4 is 29.9 Å². The van der Waals surface area contributed by atoms with E-state index in [0.29, 0.717) is 32.0 Å². The Balaban J connectivity index is 0.00000450. The van der Waals surface area contributed by atoms with E-state index in [1.807, 2.05) is 19.1 Å². The van der Waals surface area contributed by atoms with E-state index in [-0.39, 0.29) is 30.6 Å². The van der Waals surface area contributed by atoms with Crippen LogP contribution in [0.15, 0.2) is 29.3 Å². The van der Waals surface area contributed by atoms with Gasteiger partial charge >= 0.3 is 6.18 Å². The Morgan fingerprint density at radius 3 is 2.53 bits per heavy atom. The van der Waals surface area contributed by atoms with Gasteiger partial charge < -0.3 is 20.1 Å². The number of hydrogen-bond donors (Lipinski definition) is 2. The summed E-state index contributed by atoms with van der Waals surface area (Å²) in [6.07, 6.45) is -3.81. The summed E-state index contributed by atoms with van der Waals surface area (Å²) in [6, 6.07) is 8.24. The minimum absolute atomic E-state index is 0. The van der Waals surface area contributed by atoms with Gasteiger partial charge in [0.2, 0.25) is 0 Å². The Morgan fingerprint density at radius 1 is 1.17 bits per heavy atom. The zero-order valence-corrected chi connectivity index (χ0v) is 19.7. The molecule has 1 aromatic carbocycles. The van der Waals surface area contributed by atoms with Gasteiger partial charge in [-0.1, -0.05) is 24.3 Å². The van der Waals surface area contributed by atoms with E-state index in [1.165, 1.54) is 5.56 Å². The van der Waals surface area contributed by atoms with Gasteiger partial charge in [0.25, 0.3) is 0 Å². The first-order chi connectivity index (χ1) is 14.0. The maximum atomic E-state index is 12.1. The molecule has 0 aromatic heterocycles.